The number of hydrogen-bond donors (Lipinski definition) is 1. The molecule has 1 aromatic rings. The van der Waals surface area contributed by atoms with E-state index in [0.29, 0.717) is 12.3 Å². The number of carbonyl (C=O) groups excluding carboxylic acids is 1. The molecule has 0 heterocycles. The van der Waals surface area contributed by atoms with Crippen LogP contribution in [0.2, 0.25) is 0 Å². The van der Waals surface area contributed by atoms with Gasteiger partial charge in [-0.25, -0.2) is 0 Å². The van der Waals surface area contributed by atoms with Crippen molar-refractivity contribution < 1.29 is 9.53 Å². The molecule has 3 heteroatoms. The highest BCUT2D eigenvalue weighted by atomic mass is 16.5. The second-order valence-electron chi connectivity index (χ2n) is 4.23. The van der Waals surface area contributed by atoms with E-state index in [2.05, 4.69) is 19.2 Å². The number of ether oxygens (including phenoxy) is 1. The van der Waals surface area contributed by atoms with Crippen LogP contribution in [0.1, 0.15) is 19.4 Å². The third kappa shape index (κ3) is 4.34. The zero-order chi connectivity index (χ0) is 12.0. The molecule has 0 unspecified atom stereocenters. The van der Waals surface area contributed by atoms with Crippen LogP contribution in [0.5, 0.6) is 5.75 Å². The average molecular weight is 221 g/mol. The number of rotatable bonds is 5. The van der Waals surface area contributed by atoms with Crippen LogP contribution in [-0.2, 0) is 11.2 Å². The minimum Gasteiger partial charge on any atom is -0.497 e. The summed E-state index contributed by atoms with van der Waals surface area (Å²) < 4.78 is 5.10. The van der Waals surface area contributed by atoms with Gasteiger partial charge in [0, 0.05) is 6.54 Å². The number of benzene rings is 1. The van der Waals surface area contributed by atoms with Crippen LogP contribution < -0.4 is 10.1 Å². The van der Waals surface area contributed by atoms with Gasteiger partial charge in [0.25, 0.3) is 0 Å². The van der Waals surface area contributed by atoms with Gasteiger partial charge < -0.3 is 10.1 Å². The Hall–Kier alpha value is -1.51. The van der Waals surface area contributed by atoms with Crippen LogP contribution in [0, 0.1) is 5.92 Å². The van der Waals surface area contributed by atoms with Crippen molar-refractivity contribution in [3.63, 3.8) is 0 Å². The fourth-order valence-corrected chi connectivity index (χ4v) is 1.35. The van der Waals surface area contributed by atoms with Crippen LogP contribution in [0.3, 0.4) is 0 Å². The van der Waals surface area contributed by atoms with Gasteiger partial charge in [-0.2, -0.15) is 0 Å². The molecule has 0 fully saturated rings. The molecule has 3 nitrogen and oxygen atoms in total. The third-order valence-electron chi connectivity index (χ3n) is 2.21. The summed E-state index contributed by atoms with van der Waals surface area (Å²) in [5.74, 6) is 1.32. The van der Waals surface area contributed by atoms with E-state index in [0.717, 1.165) is 17.9 Å². The molecule has 0 saturated heterocycles. The molecule has 0 aliphatic carbocycles. The van der Waals surface area contributed by atoms with Gasteiger partial charge >= 0.3 is 0 Å². The van der Waals surface area contributed by atoms with E-state index in [9.17, 15) is 4.79 Å². The van der Waals surface area contributed by atoms with Gasteiger partial charge in [0.2, 0.25) is 5.91 Å². The van der Waals surface area contributed by atoms with Gasteiger partial charge in [-0.1, -0.05) is 26.0 Å². The first-order valence-corrected chi connectivity index (χ1v) is 5.51. The van der Waals surface area contributed by atoms with Gasteiger partial charge in [-0.05, 0) is 23.6 Å². The number of nitrogens with one attached hydrogen (secondary N) is 1. The molecule has 0 aliphatic rings. The highest BCUT2D eigenvalue weighted by molar-refractivity contribution is 5.78. The summed E-state index contributed by atoms with van der Waals surface area (Å²) in [6, 6.07) is 7.58. The van der Waals surface area contributed by atoms with Gasteiger partial charge in [0.1, 0.15) is 5.75 Å². The maximum Gasteiger partial charge on any atom is 0.224 e. The maximum absolute atomic E-state index is 11.6. The second-order valence-corrected chi connectivity index (χ2v) is 4.23. The van der Waals surface area contributed by atoms with Crippen molar-refractivity contribution in [3.05, 3.63) is 29.8 Å². The minimum atomic E-state index is 0.0574. The van der Waals surface area contributed by atoms with E-state index in [1.54, 1.807) is 7.11 Å². The molecule has 0 aromatic heterocycles. The predicted molar refractivity (Wildman–Crippen MR) is 64.5 cm³/mol. The third-order valence-corrected chi connectivity index (χ3v) is 2.21. The Morgan fingerprint density at radius 2 is 2.19 bits per heavy atom. The summed E-state index contributed by atoms with van der Waals surface area (Å²) >= 11 is 0. The molecule has 88 valence electrons. The van der Waals surface area contributed by atoms with Gasteiger partial charge in [0.15, 0.2) is 0 Å². The van der Waals surface area contributed by atoms with Crippen molar-refractivity contribution in [2.75, 3.05) is 13.7 Å². The standard InChI is InChI=1S/C13H19NO2/c1-10(2)9-14-13(15)8-11-5-4-6-12(7-11)16-3/h4-7,10H,8-9H2,1-3H3,(H,14,15). The van der Waals surface area contributed by atoms with E-state index in [4.69, 9.17) is 4.74 Å². The van der Waals surface area contributed by atoms with Crippen LogP contribution in [0.4, 0.5) is 0 Å². The Morgan fingerprint density at radius 1 is 1.44 bits per heavy atom. The monoisotopic (exact) mass is 221 g/mol. The van der Waals surface area contributed by atoms with Crippen molar-refractivity contribution in [2.45, 2.75) is 20.3 Å². The molecule has 16 heavy (non-hydrogen) atoms. The summed E-state index contributed by atoms with van der Waals surface area (Å²) in [7, 11) is 1.62. The molecule has 0 spiro atoms. The van der Waals surface area contributed by atoms with E-state index in [1.165, 1.54) is 0 Å². The number of methoxy groups -OCH3 is 1. The quantitative estimate of drug-likeness (QED) is 0.826. The molecule has 0 aliphatic heterocycles. The van der Waals surface area contributed by atoms with Gasteiger partial charge in [-0.15, -0.1) is 0 Å². The smallest absolute Gasteiger partial charge is 0.224 e. The summed E-state index contributed by atoms with van der Waals surface area (Å²) in [6.07, 6.45) is 0.407. The molecule has 1 amide bonds. The first-order chi connectivity index (χ1) is 7.61. The molecular formula is C13H19NO2. The Labute approximate surface area is 96.8 Å². The minimum absolute atomic E-state index is 0.0574. The van der Waals surface area contributed by atoms with E-state index in [-0.39, 0.29) is 5.91 Å². The topological polar surface area (TPSA) is 38.3 Å². The van der Waals surface area contributed by atoms with Crippen LogP contribution in [-0.4, -0.2) is 19.6 Å². The fourth-order valence-electron chi connectivity index (χ4n) is 1.35. The molecule has 0 bridgehead atoms. The van der Waals surface area contributed by atoms with Crippen molar-refractivity contribution >= 4 is 5.91 Å². The fraction of sp³-hybridized carbons (Fsp3) is 0.462. The summed E-state index contributed by atoms with van der Waals surface area (Å²) in [4.78, 5) is 11.6. The maximum atomic E-state index is 11.6. The molecule has 0 saturated carbocycles. The predicted octanol–water partition coefficient (Wildman–Crippen LogP) is 2.01. The number of hydrogen-bond acceptors (Lipinski definition) is 2. The molecule has 0 radical (unpaired) electrons. The first kappa shape index (κ1) is 12.6. The lowest BCUT2D eigenvalue weighted by molar-refractivity contribution is -0.120. The average Bonchev–Trinajstić information content (AvgIpc) is 2.26. The Kier molecular flexibility index (Phi) is 4.83. The lowest BCUT2D eigenvalue weighted by Crippen LogP contribution is -2.28. The summed E-state index contributed by atoms with van der Waals surface area (Å²) in [5, 5.41) is 2.89. The zero-order valence-electron chi connectivity index (χ0n) is 10.1. The van der Waals surface area contributed by atoms with Gasteiger partial charge in [-0.3, -0.25) is 4.79 Å². The molecular weight excluding hydrogens is 202 g/mol. The summed E-state index contributed by atoms with van der Waals surface area (Å²) in [5.41, 5.74) is 0.973. The number of amides is 1. The number of carbonyl (C=O) groups is 1. The SMILES string of the molecule is COc1cccc(CC(=O)NCC(C)C)c1. The molecule has 1 N–H and O–H groups in total. The van der Waals surface area contributed by atoms with E-state index >= 15 is 0 Å². The van der Waals surface area contributed by atoms with Crippen molar-refractivity contribution in [1.29, 1.82) is 0 Å². The zero-order valence-corrected chi connectivity index (χ0v) is 10.1. The highest BCUT2D eigenvalue weighted by Crippen LogP contribution is 2.12. The van der Waals surface area contributed by atoms with E-state index in [1.807, 2.05) is 24.3 Å². The van der Waals surface area contributed by atoms with Crippen molar-refractivity contribution in [2.24, 2.45) is 5.92 Å². The largest absolute Gasteiger partial charge is 0.497 e. The lowest BCUT2D eigenvalue weighted by atomic mass is 10.1. The second kappa shape index (κ2) is 6.16. The Balaban J connectivity index is 2.49. The van der Waals surface area contributed by atoms with Crippen LogP contribution >= 0.6 is 0 Å². The lowest BCUT2D eigenvalue weighted by Gasteiger charge is -2.08. The van der Waals surface area contributed by atoms with Gasteiger partial charge in [0.05, 0.1) is 13.5 Å². The van der Waals surface area contributed by atoms with E-state index < -0.39 is 0 Å². The van der Waals surface area contributed by atoms with Crippen molar-refractivity contribution in [3.8, 4) is 5.75 Å². The Bertz CT molecular complexity index is 348. The Morgan fingerprint density at radius 3 is 2.81 bits per heavy atom. The highest BCUT2D eigenvalue weighted by Gasteiger charge is 2.04. The molecule has 1 rings (SSSR count). The summed E-state index contributed by atoms with van der Waals surface area (Å²) in [6.45, 7) is 4.88. The molecule has 0 atom stereocenters. The van der Waals surface area contributed by atoms with Crippen molar-refractivity contribution in [1.82, 2.24) is 5.32 Å². The van der Waals surface area contributed by atoms with Crippen LogP contribution in [0.15, 0.2) is 24.3 Å². The molecule has 1 aromatic carbocycles. The normalized spacial score (nSPS) is 10.2. The van der Waals surface area contributed by atoms with Crippen LogP contribution in [0.25, 0.3) is 0 Å². The first-order valence-electron chi connectivity index (χ1n) is 5.51.